The highest BCUT2D eigenvalue weighted by molar-refractivity contribution is 8.00. The first kappa shape index (κ1) is 19.0. The number of amides is 1. The number of piperidine rings is 1. The Labute approximate surface area is 167 Å². The van der Waals surface area contributed by atoms with Gasteiger partial charge in [0.1, 0.15) is 0 Å². The SMILES string of the molecule is CC1CC(C)CN(C(=O)C(C)Sc2nnc3n(C)c(=O)c4ccccc4n23)C1. The van der Waals surface area contributed by atoms with E-state index < -0.39 is 0 Å². The minimum absolute atomic E-state index is 0.104. The zero-order valence-corrected chi connectivity index (χ0v) is 17.4. The average molecular weight is 400 g/mol. The molecule has 3 unspecified atom stereocenters. The number of benzene rings is 1. The summed E-state index contributed by atoms with van der Waals surface area (Å²) < 4.78 is 3.37. The molecule has 0 bridgehead atoms. The lowest BCUT2D eigenvalue weighted by molar-refractivity contribution is -0.132. The Bertz CT molecular complexity index is 1100. The van der Waals surface area contributed by atoms with Crippen LogP contribution in [0.4, 0.5) is 0 Å². The number of carbonyl (C=O) groups is 1. The van der Waals surface area contributed by atoms with Gasteiger partial charge in [-0.05, 0) is 37.3 Å². The lowest BCUT2D eigenvalue weighted by atomic mass is 9.92. The standard InChI is InChI=1S/C20H25N5O2S/c1-12-9-13(2)11-24(10-12)17(26)14(3)28-20-22-21-19-23(4)18(27)15-7-5-6-8-16(15)25(19)20/h5-8,12-14H,9-11H2,1-4H3. The zero-order chi connectivity index (χ0) is 20.0. The van der Waals surface area contributed by atoms with E-state index in [1.54, 1.807) is 13.1 Å². The molecule has 28 heavy (non-hydrogen) atoms. The van der Waals surface area contributed by atoms with E-state index >= 15 is 0 Å². The lowest BCUT2D eigenvalue weighted by Crippen LogP contribution is -2.45. The van der Waals surface area contributed by atoms with Crippen LogP contribution in [0.3, 0.4) is 0 Å². The summed E-state index contributed by atoms with van der Waals surface area (Å²) >= 11 is 1.40. The number of likely N-dealkylation sites (tertiary alicyclic amines) is 1. The van der Waals surface area contributed by atoms with E-state index in [0.29, 0.717) is 28.2 Å². The van der Waals surface area contributed by atoms with E-state index in [4.69, 9.17) is 0 Å². The van der Waals surface area contributed by atoms with E-state index in [9.17, 15) is 9.59 Å². The Balaban J connectivity index is 1.69. The van der Waals surface area contributed by atoms with Crippen molar-refractivity contribution < 1.29 is 4.79 Å². The molecule has 3 atom stereocenters. The Kier molecular flexibility index (Phi) is 4.91. The number of nitrogens with zero attached hydrogens (tertiary/aromatic N) is 5. The molecule has 8 heteroatoms. The Morgan fingerprint density at radius 3 is 2.57 bits per heavy atom. The number of rotatable bonds is 3. The predicted octanol–water partition coefficient (Wildman–Crippen LogP) is 2.57. The van der Waals surface area contributed by atoms with Gasteiger partial charge in [0.2, 0.25) is 11.7 Å². The second kappa shape index (κ2) is 7.24. The number of hydrogen-bond acceptors (Lipinski definition) is 5. The topological polar surface area (TPSA) is 72.5 Å². The maximum Gasteiger partial charge on any atom is 0.262 e. The molecule has 1 saturated heterocycles. The predicted molar refractivity (Wildman–Crippen MR) is 111 cm³/mol. The van der Waals surface area contributed by atoms with Crippen molar-refractivity contribution in [3.63, 3.8) is 0 Å². The summed E-state index contributed by atoms with van der Waals surface area (Å²) in [7, 11) is 1.69. The molecule has 4 rings (SSSR count). The smallest absolute Gasteiger partial charge is 0.262 e. The van der Waals surface area contributed by atoms with Crippen molar-refractivity contribution in [3.8, 4) is 0 Å². The fraction of sp³-hybridized carbons (Fsp3) is 0.500. The van der Waals surface area contributed by atoms with Crippen molar-refractivity contribution in [2.75, 3.05) is 13.1 Å². The van der Waals surface area contributed by atoms with E-state index in [0.717, 1.165) is 18.6 Å². The molecule has 0 spiro atoms. The molecule has 1 amide bonds. The van der Waals surface area contributed by atoms with Gasteiger partial charge in [0, 0.05) is 20.1 Å². The first-order chi connectivity index (χ1) is 13.4. The van der Waals surface area contributed by atoms with Crippen LogP contribution in [-0.2, 0) is 11.8 Å². The summed E-state index contributed by atoms with van der Waals surface area (Å²) in [6.07, 6.45) is 1.17. The first-order valence-electron chi connectivity index (χ1n) is 9.65. The Morgan fingerprint density at radius 1 is 1.18 bits per heavy atom. The van der Waals surface area contributed by atoms with Gasteiger partial charge in [-0.1, -0.05) is 37.7 Å². The van der Waals surface area contributed by atoms with Crippen molar-refractivity contribution in [1.82, 2.24) is 24.1 Å². The average Bonchev–Trinajstić information content (AvgIpc) is 3.08. The summed E-state index contributed by atoms with van der Waals surface area (Å²) in [6.45, 7) is 7.94. The van der Waals surface area contributed by atoms with Gasteiger partial charge >= 0.3 is 0 Å². The van der Waals surface area contributed by atoms with Crippen LogP contribution in [0.1, 0.15) is 27.2 Å². The normalized spacial score (nSPS) is 21.4. The minimum Gasteiger partial charge on any atom is -0.341 e. The van der Waals surface area contributed by atoms with Crippen molar-refractivity contribution in [2.24, 2.45) is 18.9 Å². The monoisotopic (exact) mass is 399 g/mol. The third kappa shape index (κ3) is 3.19. The largest absolute Gasteiger partial charge is 0.341 e. The molecule has 3 aromatic rings. The maximum atomic E-state index is 13.0. The van der Waals surface area contributed by atoms with E-state index in [-0.39, 0.29) is 16.7 Å². The Morgan fingerprint density at radius 2 is 1.86 bits per heavy atom. The van der Waals surface area contributed by atoms with Crippen molar-refractivity contribution in [1.29, 1.82) is 0 Å². The second-order valence-corrected chi connectivity index (χ2v) is 9.26. The molecule has 1 fully saturated rings. The summed E-state index contributed by atoms with van der Waals surface area (Å²) in [5, 5.41) is 9.46. The van der Waals surface area contributed by atoms with Crippen LogP contribution in [0, 0.1) is 11.8 Å². The number of para-hydroxylation sites is 1. The fourth-order valence-electron chi connectivity index (χ4n) is 4.20. The molecule has 0 radical (unpaired) electrons. The van der Waals surface area contributed by atoms with Crippen LogP contribution < -0.4 is 5.56 Å². The van der Waals surface area contributed by atoms with Crippen LogP contribution >= 0.6 is 11.8 Å². The van der Waals surface area contributed by atoms with E-state index in [1.807, 2.05) is 34.4 Å². The third-order valence-corrected chi connectivity index (χ3v) is 6.44. The molecule has 0 N–H and O–H groups in total. The van der Waals surface area contributed by atoms with Gasteiger partial charge in [0.05, 0.1) is 16.2 Å². The molecule has 1 aromatic carbocycles. The van der Waals surface area contributed by atoms with E-state index in [1.165, 1.54) is 22.7 Å². The number of aromatic nitrogens is 4. The van der Waals surface area contributed by atoms with Crippen molar-refractivity contribution >= 4 is 34.3 Å². The number of aryl methyl sites for hydroxylation is 1. The van der Waals surface area contributed by atoms with Gasteiger partial charge < -0.3 is 4.90 Å². The fourth-order valence-corrected chi connectivity index (χ4v) is 5.14. The number of fused-ring (bicyclic) bond motifs is 3. The van der Waals surface area contributed by atoms with Crippen molar-refractivity contribution in [2.45, 2.75) is 37.6 Å². The summed E-state index contributed by atoms with van der Waals surface area (Å²) in [5.41, 5.74) is 0.653. The van der Waals surface area contributed by atoms with Crippen LogP contribution in [-0.4, -0.2) is 48.3 Å². The molecule has 3 heterocycles. The van der Waals surface area contributed by atoms with Crippen LogP contribution in [0.5, 0.6) is 0 Å². The Hall–Kier alpha value is -2.35. The summed E-state index contributed by atoms with van der Waals surface area (Å²) in [5.74, 6) is 1.66. The molecular formula is C20H25N5O2S. The van der Waals surface area contributed by atoms with Gasteiger partial charge in [0.15, 0.2) is 5.16 Å². The maximum absolute atomic E-state index is 13.0. The molecule has 1 aliphatic rings. The van der Waals surface area contributed by atoms with Gasteiger partial charge in [-0.3, -0.25) is 18.6 Å². The highest BCUT2D eigenvalue weighted by Gasteiger charge is 2.29. The summed E-state index contributed by atoms with van der Waals surface area (Å²) in [6, 6.07) is 7.42. The van der Waals surface area contributed by atoms with Crippen LogP contribution in [0.25, 0.3) is 16.7 Å². The quantitative estimate of drug-likeness (QED) is 0.633. The summed E-state index contributed by atoms with van der Waals surface area (Å²) in [4.78, 5) is 27.6. The molecule has 7 nitrogen and oxygen atoms in total. The molecule has 148 valence electrons. The van der Waals surface area contributed by atoms with Gasteiger partial charge in [0.25, 0.3) is 5.56 Å². The molecule has 2 aromatic heterocycles. The minimum atomic E-state index is -0.277. The lowest BCUT2D eigenvalue weighted by Gasteiger charge is -2.36. The number of thioether (sulfide) groups is 1. The number of carbonyl (C=O) groups excluding carboxylic acids is 1. The van der Waals surface area contributed by atoms with Gasteiger partial charge in [-0.15, -0.1) is 10.2 Å². The van der Waals surface area contributed by atoms with Gasteiger partial charge in [-0.25, -0.2) is 0 Å². The highest BCUT2D eigenvalue weighted by atomic mass is 32.2. The van der Waals surface area contributed by atoms with Crippen molar-refractivity contribution in [3.05, 3.63) is 34.6 Å². The van der Waals surface area contributed by atoms with Gasteiger partial charge in [-0.2, -0.15) is 0 Å². The third-order valence-electron chi connectivity index (χ3n) is 5.41. The first-order valence-corrected chi connectivity index (χ1v) is 10.5. The zero-order valence-electron chi connectivity index (χ0n) is 16.6. The van der Waals surface area contributed by atoms with E-state index in [2.05, 4.69) is 24.0 Å². The number of hydrogen-bond donors (Lipinski definition) is 0. The molecule has 0 aliphatic carbocycles. The molecule has 1 aliphatic heterocycles. The second-order valence-electron chi connectivity index (χ2n) is 7.95. The van der Waals surface area contributed by atoms with Crippen LogP contribution in [0.15, 0.2) is 34.2 Å². The molecular weight excluding hydrogens is 374 g/mol. The molecule has 0 saturated carbocycles. The van der Waals surface area contributed by atoms with Crippen LogP contribution in [0.2, 0.25) is 0 Å². The highest BCUT2D eigenvalue weighted by Crippen LogP contribution is 2.28.